The molecule has 0 bridgehead atoms. The molecule has 2 nitrogen and oxygen atoms in total. The lowest BCUT2D eigenvalue weighted by atomic mass is 10.1. The fourth-order valence-electron chi connectivity index (χ4n) is 1.66. The number of nitrogens with two attached hydrogens (primary N) is 1. The zero-order valence-corrected chi connectivity index (χ0v) is 12.6. The van der Waals surface area contributed by atoms with Crippen molar-refractivity contribution in [2.24, 2.45) is 5.73 Å². The van der Waals surface area contributed by atoms with Crippen LogP contribution in [0.4, 0.5) is 0 Å². The molecular weight excluding hydrogens is 361 g/mol. The second-order valence-electron chi connectivity index (χ2n) is 3.85. The Hall–Kier alpha value is -0.780. The Morgan fingerprint density at radius 2 is 1.94 bits per heavy atom. The molecule has 2 aromatic rings. The van der Waals surface area contributed by atoms with E-state index in [1.165, 1.54) is 0 Å². The van der Waals surface area contributed by atoms with E-state index in [1.807, 2.05) is 48.5 Å². The Kier molecular flexibility index (Phi) is 4.86. The minimum absolute atomic E-state index is 0.179. The number of ether oxygens (including phenoxy) is 1. The van der Waals surface area contributed by atoms with Crippen LogP contribution in [0.15, 0.2) is 48.5 Å². The summed E-state index contributed by atoms with van der Waals surface area (Å²) in [6.45, 7) is 0.409. The van der Waals surface area contributed by atoms with Crippen LogP contribution < -0.4 is 10.5 Å². The van der Waals surface area contributed by atoms with Gasteiger partial charge in [-0.05, 0) is 58.5 Å². The maximum atomic E-state index is 5.98. The molecule has 0 aliphatic heterocycles. The van der Waals surface area contributed by atoms with Crippen molar-refractivity contribution in [2.45, 2.75) is 6.10 Å². The van der Waals surface area contributed by atoms with E-state index in [0.717, 1.165) is 14.9 Å². The first-order valence-electron chi connectivity index (χ1n) is 5.57. The van der Waals surface area contributed by atoms with Gasteiger partial charge in [0.25, 0.3) is 0 Å². The number of hydrogen-bond acceptors (Lipinski definition) is 2. The molecule has 0 amide bonds. The van der Waals surface area contributed by atoms with Crippen molar-refractivity contribution in [3.05, 3.63) is 62.7 Å². The van der Waals surface area contributed by atoms with Crippen LogP contribution in [-0.4, -0.2) is 6.54 Å². The predicted octanol–water partition coefficient (Wildman–Crippen LogP) is 4.02. The van der Waals surface area contributed by atoms with Gasteiger partial charge in [-0.1, -0.05) is 29.8 Å². The summed E-state index contributed by atoms with van der Waals surface area (Å²) in [7, 11) is 0. The number of rotatable bonds is 4. The lowest BCUT2D eigenvalue weighted by molar-refractivity contribution is 0.214. The van der Waals surface area contributed by atoms with E-state index >= 15 is 0 Å². The maximum absolute atomic E-state index is 5.98. The van der Waals surface area contributed by atoms with Crippen LogP contribution in [-0.2, 0) is 0 Å². The van der Waals surface area contributed by atoms with Crippen LogP contribution in [0.5, 0.6) is 5.75 Å². The van der Waals surface area contributed by atoms with Crippen LogP contribution >= 0.6 is 34.2 Å². The van der Waals surface area contributed by atoms with E-state index in [2.05, 4.69) is 22.6 Å². The summed E-state index contributed by atoms with van der Waals surface area (Å²) >= 11 is 8.23. The minimum Gasteiger partial charge on any atom is -0.484 e. The van der Waals surface area contributed by atoms with E-state index in [9.17, 15) is 0 Å². The monoisotopic (exact) mass is 373 g/mol. The Bertz CT molecular complexity index is 533. The number of hydrogen-bond donors (Lipinski definition) is 1. The summed E-state index contributed by atoms with van der Waals surface area (Å²) in [5, 5.41) is 0.692. The highest BCUT2D eigenvalue weighted by Crippen LogP contribution is 2.24. The van der Waals surface area contributed by atoms with E-state index < -0.39 is 0 Å². The Labute approximate surface area is 125 Å². The average Bonchev–Trinajstić information content (AvgIpc) is 2.36. The molecule has 0 aromatic heterocycles. The third-order valence-corrected chi connectivity index (χ3v) is 3.42. The Balaban J connectivity index is 2.19. The van der Waals surface area contributed by atoms with Gasteiger partial charge < -0.3 is 10.5 Å². The molecule has 94 valence electrons. The Morgan fingerprint density at radius 1 is 1.17 bits per heavy atom. The van der Waals surface area contributed by atoms with Gasteiger partial charge in [-0.2, -0.15) is 0 Å². The number of halogens is 2. The van der Waals surface area contributed by atoms with Gasteiger partial charge in [0.2, 0.25) is 0 Å². The first-order chi connectivity index (χ1) is 8.69. The maximum Gasteiger partial charge on any atom is 0.136 e. The SMILES string of the molecule is NCC(Oc1cccc(I)c1)c1cccc(Cl)c1. The highest BCUT2D eigenvalue weighted by Gasteiger charge is 2.11. The summed E-state index contributed by atoms with van der Waals surface area (Å²) in [5.74, 6) is 0.817. The molecule has 0 saturated heterocycles. The van der Waals surface area contributed by atoms with Gasteiger partial charge in [-0.3, -0.25) is 0 Å². The molecule has 2 aromatic carbocycles. The van der Waals surface area contributed by atoms with Gasteiger partial charge in [-0.15, -0.1) is 0 Å². The number of benzene rings is 2. The van der Waals surface area contributed by atoms with Crippen molar-refractivity contribution in [3.63, 3.8) is 0 Å². The third kappa shape index (κ3) is 3.60. The molecule has 18 heavy (non-hydrogen) atoms. The van der Waals surface area contributed by atoms with E-state index in [1.54, 1.807) is 0 Å². The van der Waals surface area contributed by atoms with Gasteiger partial charge in [0.05, 0.1) is 0 Å². The molecule has 0 fully saturated rings. The topological polar surface area (TPSA) is 35.2 Å². The first-order valence-corrected chi connectivity index (χ1v) is 7.02. The molecule has 1 unspecified atom stereocenters. The largest absolute Gasteiger partial charge is 0.484 e. The zero-order valence-electron chi connectivity index (χ0n) is 9.64. The smallest absolute Gasteiger partial charge is 0.136 e. The molecule has 2 rings (SSSR count). The lowest BCUT2D eigenvalue weighted by Gasteiger charge is -2.18. The molecule has 0 aliphatic carbocycles. The second-order valence-corrected chi connectivity index (χ2v) is 5.54. The van der Waals surface area contributed by atoms with Crippen molar-refractivity contribution >= 4 is 34.2 Å². The summed E-state index contributed by atoms with van der Waals surface area (Å²) in [6, 6.07) is 15.5. The zero-order chi connectivity index (χ0) is 13.0. The van der Waals surface area contributed by atoms with E-state index in [4.69, 9.17) is 22.1 Å². The van der Waals surface area contributed by atoms with Crippen LogP contribution in [0.1, 0.15) is 11.7 Å². The molecule has 0 saturated carbocycles. The summed E-state index contributed by atoms with van der Waals surface area (Å²) in [5.41, 5.74) is 6.76. The van der Waals surface area contributed by atoms with Crippen LogP contribution in [0.3, 0.4) is 0 Å². The molecule has 1 atom stereocenters. The third-order valence-electron chi connectivity index (χ3n) is 2.51. The van der Waals surface area contributed by atoms with Crippen LogP contribution in [0.25, 0.3) is 0 Å². The van der Waals surface area contributed by atoms with Crippen molar-refractivity contribution < 1.29 is 4.74 Å². The molecule has 0 aliphatic rings. The van der Waals surface area contributed by atoms with Crippen molar-refractivity contribution in [1.29, 1.82) is 0 Å². The van der Waals surface area contributed by atoms with Crippen LogP contribution in [0.2, 0.25) is 5.02 Å². The summed E-state index contributed by atoms with van der Waals surface area (Å²) < 4.78 is 7.03. The first kappa shape index (κ1) is 13.6. The standard InChI is InChI=1S/C14H13ClINO/c15-11-4-1-3-10(7-11)14(9-17)18-13-6-2-5-12(16)8-13/h1-8,14H,9,17H2. The van der Waals surface area contributed by atoms with Crippen molar-refractivity contribution in [3.8, 4) is 5.75 Å². The van der Waals surface area contributed by atoms with Gasteiger partial charge in [0.15, 0.2) is 0 Å². The van der Waals surface area contributed by atoms with Gasteiger partial charge >= 0.3 is 0 Å². The van der Waals surface area contributed by atoms with Gasteiger partial charge in [-0.25, -0.2) is 0 Å². The minimum atomic E-state index is -0.179. The van der Waals surface area contributed by atoms with E-state index in [0.29, 0.717) is 11.6 Å². The fourth-order valence-corrected chi connectivity index (χ4v) is 2.38. The van der Waals surface area contributed by atoms with Gasteiger partial charge in [0.1, 0.15) is 11.9 Å². The molecule has 2 N–H and O–H groups in total. The summed E-state index contributed by atoms with van der Waals surface area (Å²) in [6.07, 6.45) is -0.179. The van der Waals surface area contributed by atoms with Crippen LogP contribution in [0, 0.1) is 3.57 Å². The molecule has 0 heterocycles. The quantitative estimate of drug-likeness (QED) is 0.822. The van der Waals surface area contributed by atoms with Crippen molar-refractivity contribution in [2.75, 3.05) is 6.54 Å². The molecule has 0 spiro atoms. The average molecular weight is 374 g/mol. The fraction of sp³-hybridized carbons (Fsp3) is 0.143. The predicted molar refractivity (Wildman–Crippen MR) is 83.0 cm³/mol. The van der Waals surface area contributed by atoms with Crippen molar-refractivity contribution in [1.82, 2.24) is 0 Å². The second kappa shape index (κ2) is 6.41. The molecule has 4 heteroatoms. The summed E-state index contributed by atoms with van der Waals surface area (Å²) in [4.78, 5) is 0. The molecular formula is C14H13ClINO. The Morgan fingerprint density at radius 3 is 2.61 bits per heavy atom. The van der Waals surface area contributed by atoms with Gasteiger partial charge in [0, 0.05) is 15.1 Å². The normalized spacial score (nSPS) is 12.2. The highest BCUT2D eigenvalue weighted by atomic mass is 127. The highest BCUT2D eigenvalue weighted by molar-refractivity contribution is 14.1. The molecule has 0 radical (unpaired) electrons. The van der Waals surface area contributed by atoms with E-state index in [-0.39, 0.29) is 6.10 Å². The lowest BCUT2D eigenvalue weighted by Crippen LogP contribution is -2.18.